The van der Waals surface area contributed by atoms with Crippen LogP contribution in [-0.4, -0.2) is 46.4 Å². The summed E-state index contributed by atoms with van der Waals surface area (Å²) in [5.74, 6) is -2.99. The Balaban J connectivity index is 2.16. The van der Waals surface area contributed by atoms with Crippen molar-refractivity contribution in [1.82, 2.24) is 15.8 Å². The second-order valence-electron chi connectivity index (χ2n) is 7.54. The highest BCUT2D eigenvalue weighted by atomic mass is 35.5. The van der Waals surface area contributed by atoms with Crippen LogP contribution in [0.2, 0.25) is 20.1 Å². The number of carboxylic acid groups (broad SMARTS) is 1. The molecular formula is C22H24Cl4N6O4. The second kappa shape index (κ2) is 14.1. The Morgan fingerprint density at radius 2 is 1.64 bits per heavy atom. The first-order valence-corrected chi connectivity index (χ1v) is 12.0. The molecule has 0 saturated heterocycles. The average molecular weight is 578 g/mol. The van der Waals surface area contributed by atoms with Gasteiger partial charge in [-0.15, -0.1) is 0 Å². The number of carbonyl (C=O) groups is 3. The van der Waals surface area contributed by atoms with Crippen molar-refractivity contribution < 1.29 is 19.5 Å². The molecule has 0 spiro atoms. The summed E-state index contributed by atoms with van der Waals surface area (Å²) in [5, 5.41) is 24.2. The molecule has 0 heterocycles. The summed E-state index contributed by atoms with van der Waals surface area (Å²) < 4.78 is 0. The van der Waals surface area contributed by atoms with Gasteiger partial charge in [-0.05, 0) is 48.7 Å². The number of aliphatic carboxylic acids is 1. The van der Waals surface area contributed by atoms with Crippen LogP contribution in [0, 0.1) is 5.41 Å². The molecule has 0 saturated carbocycles. The van der Waals surface area contributed by atoms with Crippen molar-refractivity contribution in [3.05, 3.63) is 62.1 Å². The van der Waals surface area contributed by atoms with Crippen molar-refractivity contribution in [3.8, 4) is 0 Å². The molecule has 2 amide bonds. The number of amides is 2. The van der Waals surface area contributed by atoms with Gasteiger partial charge in [-0.3, -0.25) is 20.0 Å². The van der Waals surface area contributed by atoms with E-state index in [9.17, 15) is 19.5 Å². The number of hydrazine groups is 1. The van der Waals surface area contributed by atoms with Crippen LogP contribution in [-0.2, 0) is 20.9 Å². The molecule has 0 aliphatic rings. The molecule has 7 N–H and O–H groups in total. The van der Waals surface area contributed by atoms with Crippen molar-refractivity contribution in [1.29, 1.82) is 5.41 Å². The van der Waals surface area contributed by atoms with Gasteiger partial charge in [0.1, 0.15) is 12.5 Å². The zero-order valence-electron chi connectivity index (χ0n) is 18.8. The molecule has 36 heavy (non-hydrogen) atoms. The number of hydrogen-bond donors (Lipinski definition) is 6. The van der Waals surface area contributed by atoms with Crippen LogP contribution in [0.5, 0.6) is 0 Å². The van der Waals surface area contributed by atoms with E-state index < -0.39 is 30.2 Å². The molecule has 14 heteroatoms. The number of carboxylic acids is 1. The first-order valence-electron chi connectivity index (χ1n) is 10.5. The van der Waals surface area contributed by atoms with Gasteiger partial charge in [0.25, 0.3) is 0 Å². The van der Waals surface area contributed by atoms with Crippen LogP contribution in [0.3, 0.4) is 0 Å². The zero-order chi connectivity index (χ0) is 26.8. The molecule has 0 aliphatic carbocycles. The fourth-order valence-electron chi connectivity index (χ4n) is 3.08. The van der Waals surface area contributed by atoms with E-state index in [1.165, 1.54) is 18.2 Å². The third kappa shape index (κ3) is 9.36. The summed E-state index contributed by atoms with van der Waals surface area (Å²) >= 11 is 23.8. The van der Waals surface area contributed by atoms with Crippen molar-refractivity contribution in [2.75, 3.05) is 11.9 Å². The van der Waals surface area contributed by atoms with Crippen LogP contribution < -0.4 is 21.8 Å². The minimum Gasteiger partial charge on any atom is -0.480 e. The van der Waals surface area contributed by atoms with Gasteiger partial charge in [-0.25, -0.2) is 10.2 Å². The lowest BCUT2D eigenvalue weighted by Crippen LogP contribution is -2.53. The summed E-state index contributed by atoms with van der Waals surface area (Å²) in [6.45, 7) is 0.262. The summed E-state index contributed by atoms with van der Waals surface area (Å²) in [7, 11) is 0. The number of nitrogens with two attached hydrogens (primary N) is 1. The third-order valence-electron chi connectivity index (χ3n) is 4.79. The van der Waals surface area contributed by atoms with Crippen molar-refractivity contribution in [2.45, 2.75) is 31.8 Å². The lowest BCUT2D eigenvalue weighted by molar-refractivity contribution is -0.154. The highest BCUT2D eigenvalue weighted by molar-refractivity contribution is 6.42. The Hall–Kier alpha value is -2.76. The maximum absolute atomic E-state index is 13.1. The molecule has 10 nitrogen and oxygen atoms in total. The number of rotatable bonds is 12. The summed E-state index contributed by atoms with van der Waals surface area (Å²) in [6, 6.07) is 7.91. The largest absolute Gasteiger partial charge is 0.480 e. The minimum absolute atomic E-state index is 0.0180. The quantitative estimate of drug-likeness (QED) is 0.0733. The average Bonchev–Trinajstić information content (AvgIpc) is 2.79. The van der Waals surface area contributed by atoms with Gasteiger partial charge in [0.05, 0.1) is 20.1 Å². The van der Waals surface area contributed by atoms with E-state index in [0.29, 0.717) is 26.3 Å². The van der Waals surface area contributed by atoms with Crippen LogP contribution in [0.15, 0.2) is 36.4 Å². The van der Waals surface area contributed by atoms with Crippen LogP contribution in [0.25, 0.3) is 0 Å². The molecule has 0 radical (unpaired) electrons. The molecule has 194 valence electrons. The fraction of sp³-hybridized carbons (Fsp3) is 0.273. The zero-order valence-corrected chi connectivity index (χ0v) is 21.8. The maximum Gasteiger partial charge on any atom is 0.328 e. The molecule has 1 atom stereocenters. The Morgan fingerprint density at radius 3 is 2.22 bits per heavy atom. The van der Waals surface area contributed by atoms with Gasteiger partial charge < -0.3 is 21.5 Å². The monoisotopic (exact) mass is 576 g/mol. The highest BCUT2D eigenvalue weighted by Crippen LogP contribution is 2.25. The predicted molar refractivity (Wildman–Crippen MR) is 140 cm³/mol. The third-order valence-corrected chi connectivity index (χ3v) is 6.27. The van der Waals surface area contributed by atoms with E-state index in [2.05, 4.69) is 16.1 Å². The molecule has 0 bridgehead atoms. The van der Waals surface area contributed by atoms with E-state index in [-0.39, 0.29) is 36.9 Å². The first-order chi connectivity index (χ1) is 17.0. The van der Waals surface area contributed by atoms with Crippen molar-refractivity contribution >= 4 is 75.8 Å². The van der Waals surface area contributed by atoms with E-state index in [4.69, 9.17) is 57.5 Å². The normalized spacial score (nSPS) is 11.4. The fourth-order valence-corrected chi connectivity index (χ4v) is 3.70. The predicted octanol–water partition coefficient (Wildman–Crippen LogP) is 3.88. The molecule has 2 aromatic rings. The van der Waals surface area contributed by atoms with Crippen LogP contribution >= 0.6 is 46.4 Å². The van der Waals surface area contributed by atoms with Gasteiger partial charge in [0, 0.05) is 18.8 Å². The van der Waals surface area contributed by atoms with E-state index >= 15 is 0 Å². The van der Waals surface area contributed by atoms with E-state index in [0.717, 1.165) is 5.01 Å². The van der Waals surface area contributed by atoms with E-state index in [1.807, 2.05) is 0 Å². The minimum atomic E-state index is -1.31. The van der Waals surface area contributed by atoms with E-state index in [1.54, 1.807) is 18.2 Å². The smallest absolute Gasteiger partial charge is 0.328 e. The van der Waals surface area contributed by atoms with Gasteiger partial charge in [0.15, 0.2) is 5.96 Å². The Kier molecular flexibility index (Phi) is 11.5. The second-order valence-corrected chi connectivity index (χ2v) is 9.17. The molecule has 2 aromatic carbocycles. The van der Waals surface area contributed by atoms with Crippen LogP contribution in [0.1, 0.15) is 24.8 Å². The summed E-state index contributed by atoms with van der Waals surface area (Å²) in [4.78, 5) is 37.6. The molecule has 0 fully saturated rings. The highest BCUT2D eigenvalue weighted by Gasteiger charge is 2.30. The number of hydrogen-bond acceptors (Lipinski definition) is 5. The number of halogens is 4. The number of carbonyl (C=O) groups excluding carboxylic acids is 2. The summed E-state index contributed by atoms with van der Waals surface area (Å²) in [5.41, 5.74) is 8.99. The lowest BCUT2D eigenvalue weighted by atomic mass is 10.1. The number of guanidine groups is 1. The molecular weight excluding hydrogens is 554 g/mol. The SMILES string of the molecule is N=C(N)NCCC[C@@H](C(=O)O)N(NCc1ccc(Cl)c(Cl)c1)C(=O)CC(=O)Nc1ccc(Cl)c(Cl)c1. The van der Waals surface area contributed by atoms with Crippen LogP contribution in [0.4, 0.5) is 5.69 Å². The standard InChI is InChI=1S/C22H24Cl4N6O4/c23-14-5-3-12(8-16(14)25)11-30-32(18(21(35)36)2-1-7-29-22(27)28)20(34)10-19(33)31-13-4-6-15(24)17(26)9-13/h3-6,8-9,18,30H,1-2,7,10-11H2,(H,31,33)(H,35,36)(H4,27,28,29)/t18-/m0/s1. The number of nitrogens with zero attached hydrogens (tertiary/aromatic N) is 1. The Labute approximate surface area is 227 Å². The Morgan fingerprint density at radius 1 is 1.00 bits per heavy atom. The Bertz CT molecular complexity index is 1130. The van der Waals surface area contributed by atoms with Gasteiger partial charge in [0.2, 0.25) is 11.8 Å². The molecule has 2 rings (SSSR count). The maximum atomic E-state index is 13.1. The molecule has 0 aliphatic heterocycles. The number of benzene rings is 2. The van der Waals surface area contributed by atoms with Gasteiger partial charge in [-0.2, -0.15) is 0 Å². The number of anilines is 1. The van der Waals surface area contributed by atoms with Crippen molar-refractivity contribution in [3.63, 3.8) is 0 Å². The van der Waals surface area contributed by atoms with Gasteiger partial charge in [-0.1, -0.05) is 52.5 Å². The lowest BCUT2D eigenvalue weighted by Gasteiger charge is -2.29. The summed E-state index contributed by atoms with van der Waals surface area (Å²) in [6.07, 6.45) is -0.349. The first kappa shape index (κ1) is 29.5. The number of nitrogens with one attached hydrogen (secondary N) is 4. The molecule has 0 unspecified atom stereocenters. The molecule has 0 aromatic heterocycles. The van der Waals surface area contributed by atoms with Crippen molar-refractivity contribution in [2.24, 2.45) is 5.73 Å². The topological polar surface area (TPSA) is 161 Å². The van der Waals surface area contributed by atoms with Gasteiger partial charge >= 0.3 is 5.97 Å².